The lowest BCUT2D eigenvalue weighted by Crippen LogP contribution is -2.02. The second-order valence-corrected chi connectivity index (χ2v) is 6.09. The highest BCUT2D eigenvalue weighted by Gasteiger charge is 2.19. The van der Waals surface area contributed by atoms with Gasteiger partial charge in [0.05, 0.1) is 5.57 Å². The topological polar surface area (TPSA) is 26.3 Å². The van der Waals surface area contributed by atoms with Gasteiger partial charge in [0, 0.05) is 0 Å². The fraction of sp³-hybridized carbons (Fsp3) is 0.571. The summed E-state index contributed by atoms with van der Waals surface area (Å²) in [5.41, 5.74) is 0.697. The molecule has 1 unspecified atom stereocenters. The predicted molar refractivity (Wildman–Crippen MR) is 98.3 cm³/mol. The summed E-state index contributed by atoms with van der Waals surface area (Å²) < 4.78 is 5.05. The highest BCUT2D eigenvalue weighted by molar-refractivity contribution is 5.93. The van der Waals surface area contributed by atoms with Crippen LogP contribution in [0.3, 0.4) is 0 Å². The zero-order chi connectivity index (χ0) is 16.8. The van der Waals surface area contributed by atoms with Crippen LogP contribution in [0.5, 0.6) is 0 Å². The van der Waals surface area contributed by atoms with Gasteiger partial charge in [-0.25, -0.2) is 4.79 Å². The van der Waals surface area contributed by atoms with Gasteiger partial charge in [-0.1, -0.05) is 56.2 Å². The van der Waals surface area contributed by atoms with Crippen LogP contribution in [0.1, 0.15) is 71.6 Å². The SMILES string of the molecule is CCCCC/C=C/C/C=C/CCCC/C=C/C1=CC(C)OC1=O. The number of rotatable bonds is 12. The van der Waals surface area contributed by atoms with E-state index in [1.165, 1.54) is 32.1 Å². The van der Waals surface area contributed by atoms with Crippen molar-refractivity contribution in [1.29, 1.82) is 0 Å². The van der Waals surface area contributed by atoms with Crippen molar-refractivity contribution in [2.24, 2.45) is 0 Å². The van der Waals surface area contributed by atoms with Crippen molar-refractivity contribution in [3.8, 4) is 0 Å². The highest BCUT2D eigenvalue weighted by atomic mass is 16.5. The van der Waals surface area contributed by atoms with E-state index in [2.05, 4.69) is 37.3 Å². The number of esters is 1. The van der Waals surface area contributed by atoms with Gasteiger partial charge in [-0.05, 0) is 57.9 Å². The van der Waals surface area contributed by atoms with Crippen LogP contribution < -0.4 is 0 Å². The summed E-state index contributed by atoms with van der Waals surface area (Å²) in [6.07, 6.45) is 25.6. The zero-order valence-electron chi connectivity index (χ0n) is 14.8. The van der Waals surface area contributed by atoms with Gasteiger partial charge in [0.25, 0.3) is 0 Å². The number of carbonyl (C=O) groups excluding carboxylic acids is 1. The Kier molecular flexibility index (Phi) is 10.9. The fourth-order valence-corrected chi connectivity index (χ4v) is 2.47. The number of allylic oxidation sites excluding steroid dienone is 5. The summed E-state index contributed by atoms with van der Waals surface area (Å²) in [5.74, 6) is -0.195. The Hall–Kier alpha value is -1.57. The normalized spacial score (nSPS) is 18.4. The summed E-state index contributed by atoms with van der Waals surface area (Å²) in [4.78, 5) is 11.4. The van der Waals surface area contributed by atoms with Crippen molar-refractivity contribution in [3.63, 3.8) is 0 Å². The second kappa shape index (κ2) is 12.9. The lowest BCUT2D eigenvalue weighted by Gasteiger charge is -1.96. The van der Waals surface area contributed by atoms with Crippen LogP contribution in [0.2, 0.25) is 0 Å². The molecule has 2 heteroatoms. The first-order valence-electron chi connectivity index (χ1n) is 9.13. The van der Waals surface area contributed by atoms with E-state index in [4.69, 9.17) is 4.74 Å². The largest absolute Gasteiger partial charge is 0.455 e. The fourth-order valence-electron chi connectivity index (χ4n) is 2.47. The van der Waals surface area contributed by atoms with Crippen molar-refractivity contribution in [2.45, 2.75) is 77.7 Å². The van der Waals surface area contributed by atoms with E-state index in [-0.39, 0.29) is 12.1 Å². The molecular formula is C21H32O2. The Bertz CT molecular complexity index is 441. The highest BCUT2D eigenvalue weighted by Crippen LogP contribution is 2.14. The summed E-state index contributed by atoms with van der Waals surface area (Å²) in [6.45, 7) is 4.12. The van der Waals surface area contributed by atoms with E-state index in [1.54, 1.807) is 0 Å². The number of ether oxygens (including phenoxy) is 1. The molecule has 1 atom stereocenters. The summed E-state index contributed by atoms with van der Waals surface area (Å²) in [7, 11) is 0. The molecule has 1 heterocycles. The summed E-state index contributed by atoms with van der Waals surface area (Å²) in [6, 6.07) is 0. The summed E-state index contributed by atoms with van der Waals surface area (Å²) in [5, 5.41) is 0. The monoisotopic (exact) mass is 316 g/mol. The lowest BCUT2D eigenvalue weighted by molar-refractivity contribution is -0.138. The number of unbranched alkanes of at least 4 members (excludes halogenated alkanes) is 6. The smallest absolute Gasteiger partial charge is 0.338 e. The second-order valence-electron chi connectivity index (χ2n) is 6.09. The van der Waals surface area contributed by atoms with Gasteiger partial charge >= 0.3 is 5.97 Å². The predicted octanol–water partition coefficient (Wildman–Crippen LogP) is 6.06. The number of hydrogen-bond donors (Lipinski definition) is 0. The Morgan fingerprint density at radius 2 is 1.57 bits per heavy atom. The molecule has 0 amide bonds. The van der Waals surface area contributed by atoms with E-state index in [9.17, 15) is 4.79 Å². The van der Waals surface area contributed by atoms with Gasteiger partial charge in [-0.3, -0.25) is 0 Å². The first-order chi connectivity index (χ1) is 11.2. The minimum Gasteiger partial charge on any atom is -0.455 e. The lowest BCUT2D eigenvalue weighted by atomic mass is 10.1. The molecule has 0 fully saturated rings. The quantitative estimate of drug-likeness (QED) is 0.248. The minimum absolute atomic E-state index is 0.0759. The number of cyclic esters (lactones) is 1. The molecule has 0 bridgehead atoms. The van der Waals surface area contributed by atoms with Crippen LogP contribution in [0, 0.1) is 0 Å². The van der Waals surface area contributed by atoms with Crippen molar-refractivity contribution < 1.29 is 9.53 Å². The van der Waals surface area contributed by atoms with Gasteiger partial charge in [0.15, 0.2) is 0 Å². The first-order valence-corrected chi connectivity index (χ1v) is 9.13. The van der Waals surface area contributed by atoms with Crippen molar-refractivity contribution in [1.82, 2.24) is 0 Å². The summed E-state index contributed by atoms with van der Waals surface area (Å²) >= 11 is 0. The Labute approximate surface area is 142 Å². The van der Waals surface area contributed by atoms with Crippen molar-refractivity contribution in [2.75, 3.05) is 0 Å². The van der Waals surface area contributed by atoms with Crippen LogP contribution in [0.15, 0.2) is 48.1 Å². The standard InChI is InChI=1S/C21H32O2/c1-3-4-5-6-7-8-9-10-11-12-13-14-15-16-17-20-18-19(2)23-21(20)22/h7-8,10-11,16-19H,3-6,9,12-15H2,1-2H3/b8-7+,11-10+,17-16+. The van der Waals surface area contributed by atoms with Crippen molar-refractivity contribution in [3.05, 3.63) is 48.1 Å². The van der Waals surface area contributed by atoms with Crippen LogP contribution >= 0.6 is 0 Å². The van der Waals surface area contributed by atoms with Crippen LogP contribution in [-0.2, 0) is 9.53 Å². The number of carbonyl (C=O) groups is 1. The molecule has 0 saturated carbocycles. The molecule has 0 aromatic heterocycles. The molecular weight excluding hydrogens is 284 g/mol. The van der Waals surface area contributed by atoms with Gasteiger partial charge < -0.3 is 4.74 Å². The van der Waals surface area contributed by atoms with E-state index in [0.29, 0.717) is 5.57 Å². The maximum Gasteiger partial charge on any atom is 0.338 e. The molecule has 0 aromatic carbocycles. The zero-order valence-corrected chi connectivity index (χ0v) is 14.8. The van der Waals surface area contributed by atoms with E-state index in [0.717, 1.165) is 25.7 Å². The van der Waals surface area contributed by atoms with Gasteiger partial charge in [-0.2, -0.15) is 0 Å². The van der Waals surface area contributed by atoms with Gasteiger partial charge in [0.2, 0.25) is 0 Å². The molecule has 2 nitrogen and oxygen atoms in total. The Morgan fingerprint density at radius 3 is 2.13 bits per heavy atom. The molecule has 1 aliphatic heterocycles. The third-order valence-electron chi connectivity index (χ3n) is 3.81. The molecule has 1 rings (SSSR count). The minimum atomic E-state index is -0.195. The van der Waals surface area contributed by atoms with Crippen molar-refractivity contribution >= 4 is 5.97 Å². The molecule has 0 spiro atoms. The van der Waals surface area contributed by atoms with E-state index in [1.807, 2.05) is 19.1 Å². The molecule has 0 saturated heterocycles. The average Bonchev–Trinajstić information content (AvgIpc) is 2.85. The Balaban J connectivity index is 1.96. The molecule has 23 heavy (non-hydrogen) atoms. The molecule has 0 aromatic rings. The Morgan fingerprint density at radius 1 is 0.957 bits per heavy atom. The molecule has 128 valence electrons. The molecule has 0 N–H and O–H groups in total. The maximum absolute atomic E-state index is 11.4. The molecule has 1 aliphatic rings. The average molecular weight is 316 g/mol. The molecule has 0 aliphatic carbocycles. The van der Waals surface area contributed by atoms with Gasteiger partial charge in [0.1, 0.15) is 6.10 Å². The van der Waals surface area contributed by atoms with Gasteiger partial charge in [-0.15, -0.1) is 0 Å². The number of hydrogen-bond acceptors (Lipinski definition) is 2. The van der Waals surface area contributed by atoms with Crippen LogP contribution in [0.25, 0.3) is 0 Å². The van der Waals surface area contributed by atoms with E-state index >= 15 is 0 Å². The first kappa shape index (κ1) is 19.5. The van der Waals surface area contributed by atoms with Crippen LogP contribution in [-0.4, -0.2) is 12.1 Å². The molecule has 0 radical (unpaired) electrons. The van der Waals surface area contributed by atoms with E-state index < -0.39 is 0 Å². The maximum atomic E-state index is 11.4. The third kappa shape index (κ3) is 9.93. The third-order valence-corrected chi connectivity index (χ3v) is 3.81. The van der Waals surface area contributed by atoms with Crippen LogP contribution in [0.4, 0.5) is 0 Å².